The van der Waals surface area contributed by atoms with Crippen LogP contribution >= 0.6 is 0 Å². The Hall–Kier alpha value is -0.160. The van der Waals surface area contributed by atoms with Crippen LogP contribution in [0.15, 0.2) is 17.1 Å². The number of rotatable bonds is 1. The largest absolute Gasteiger partial charge is 1.00 e. The van der Waals surface area contributed by atoms with Gasteiger partial charge in [0, 0.05) is 26.1 Å². The Balaban J connectivity index is 0. The molecule has 1 aliphatic heterocycles. The van der Waals surface area contributed by atoms with Crippen molar-refractivity contribution >= 4 is 12.2 Å². The molecule has 0 spiro atoms. The van der Waals surface area contributed by atoms with E-state index >= 15 is 0 Å². The van der Waals surface area contributed by atoms with Gasteiger partial charge in [0.15, 0.2) is 0 Å². The van der Waals surface area contributed by atoms with Crippen LogP contribution in [0.3, 0.4) is 0 Å². The van der Waals surface area contributed by atoms with Gasteiger partial charge in [-0.25, -0.2) is 0 Å². The van der Waals surface area contributed by atoms with E-state index in [1.165, 1.54) is 96.6 Å². The van der Waals surface area contributed by atoms with Crippen LogP contribution in [0.25, 0.3) is 0 Å². The maximum atomic E-state index is 9.00. The van der Waals surface area contributed by atoms with E-state index in [0.29, 0.717) is 0 Å². The number of allylic oxidation sites excluding steroid dienone is 2. The summed E-state index contributed by atoms with van der Waals surface area (Å²) in [6.07, 6.45) is 24.5. The van der Waals surface area contributed by atoms with E-state index in [9.17, 15) is 0 Å². The number of hydrogen-bond acceptors (Lipinski definition) is 3. The van der Waals surface area contributed by atoms with Crippen molar-refractivity contribution in [2.45, 2.75) is 96.4 Å². The summed E-state index contributed by atoms with van der Waals surface area (Å²) < 4.78 is 0. The van der Waals surface area contributed by atoms with Gasteiger partial charge in [-0.1, -0.05) is 31.4 Å². The second-order valence-electron chi connectivity index (χ2n) is 7.54. The molecule has 1 heterocycles. The van der Waals surface area contributed by atoms with Gasteiger partial charge in [-0.3, -0.25) is 9.79 Å². The van der Waals surface area contributed by atoms with Gasteiger partial charge >= 0.3 is 29.6 Å². The van der Waals surface area contributed by atoms with E-state index in [-0.39, 0.29) is 31.0 Å². The van der Waals surface area contributed by atoms with Crippen LogP contribution in [-0.4, -0.2) is 47.9 Å². The summed E-state index contributed by atoms with van der Waals surface area (Å²) >= 11 is 0. The van der Waals surface area contributed by atoms with Crippen molar-refractivity contribution in [1.29, 1.82) is 0 Å². The van der Waals surface area contributed by atoms with E-state index in [0.717, 1.165) is 19.5 Å². The van der Waals surface area contributed by atoms with E-state index in [1.807, 2.05) is 0 Å². The molecule has 2 aliphatic rings. The maximum Gasteiger partial charge on any atom is 1.00 e. The third-order valence-corrected chi connectivity index (χ3v) is 5.14. The van der Waals surface area contributed by atoms with Gasteiger partial charge in [-0.05, 0) is 77.0 Å². The molecule has 5 heteroatoms. The van der Waals surface area contributed by atoms with Crippen molar-refractivity contribution in [3.8, 4) is 0 Å². The molecular formula is C22H41N2NaO2. The molecule has 1 atom stereocenters. The Kier molecular flexibility index (Phi) is 19.1. The van der Waals surface area contributed by atoms with Crippen molar-refractivity contribution in [3.05, 3.63) is 12.2 Å². The number of hydrogen-bond donors (Lipinski definition) is 1. The minimum Gasteiger partial charge on any atom is -1.00 e. The van der Waals surface area contributed by atoms with Crippen molar-refractivity contribution in [2.75, 3.05) is 19.6 Å². The van der Waals surface area contributed by atoms with E-state index in [4.69, 9.17) is 9.90 Å². The molecule has 0 aromatic rings. The van der Waals surface area contributed by atoms with E-state index in [2.05, 4.69) is 28.3 Å². The number of aliphatic imine (C=N–C) groups is 1. The molecule has 27 heavy (non-hydrogen) atoms. The molecule has 1 N–H and O–H groups in total. The third kappa shape index (κ3) is 16.5. The summed E-state index contributed by atoms with van der Waals surface area (Å²) in [6, 6.07) is 0.830. The fourth-order valence-corrected chi connectivity index (χ4v) is 3.79. The molecule has 0 amide bonds. The Bertz CT molecular complexity index is 383. The molecule has 1 aliphatic carbocycles. The number of aliphatic carboxylic acids is 1. The predicted octanol–water partition coefficient (Wildman–Crippen LogP) is 2.59. The molecule has 0 fully saturated rings. The van der Waals surface area contributed by atoms with Gasteiger partial charge < -0.3 is 11.4 Å². The van der Waals surface area contributed by atoms with Crippen LogP contribution < -0.4 is 29.6 Å². The van der Waals surface area contributed by atoms with Gasteiger partial charge in [0.05, 0.1) is 0 Å². The van der Waals surface area contributed by atoms with Crippen LogP contribution in [0.1, 0.15) is 91.8 Å². The molecule has 0 saturated carbocycles. The van der Waals surface area contributed by atoms with E-state index < -0.39 is 5.97 Å². The third-order valence-electron chi connectivity index (χ3n) is 5.14. The number of nitrogens with zero attached hydrogens (tertiary/aromatic N) is 2. The van der Waals surface area contributed by atoms with Crippen LogP contribution in [0.5, 0.6) is 0 Å². The first kappa shape index (κ1) is 26.8. The van der Waals surface area contributed by atoms with Gasteiger partial charge in [0.2, 0.25) is 0 Å². The molecule has 0 saturated heterocycles. The molecule has 0 bridgehead atoms. The van der Waals surface area contributed by atoms with Crippen LogP contribution in [0, 0.1) is 0 Å². The zero-order valence-corrected chi connectivity index (χ0v) is 19.9. The van der Waals surface area contributed by atoms with Gasteiger partial charge in [-0.2, -0.15) is 0 Å². The van der Waals surface area contributed by atoms with Crippen molar-refractivity contribution < 1.29 is 40.9 Å². The van der Waals surface area contributed by atoms with Crippen molar-refractivity contribution in [2.24, 2.45) is 4.99 Å². The molecular weight excluding hydrogens is 347 g/mol. The minimum atomic E-state index is -0.833. The fraction of sp³-hybridized carbons (Fsp3) is 0.818. The molecule has 1 unspecified atom stereocenters. The SMILES string of the molecule is C1=CCCCC(N2CCCCCC=NCCC2)CCCCC1.CC(=O)O.[H-].[Na+]. The Morgan fingerprint density at radius 3 is 2.30 bits per heavy atom. The quantitative estimate of drug-likeness (QED) is 0.555. The van der Waals surface area contributed by atoms with Crippen molar-refractivity contribution in [3.63, 3.8) is 0 Å². The van der Waals surface area contributed by atoms with Gasteiger partial charge in [0.25, 0.3) is 5.97 Å². The average Bonchev–Trinajstić information content (AvgIpc) is 2.70. The number of carboxylic acid groups (broad SMARTS) is 1. The second kappa shape index (κ2) is 19.2. The Morgan fingerprint density at radius 2 is 1.52 bits per heavy atom. The topological polar surface area (TPSA) is 52.9 Å². The van der Waals surface area contributed by atoms with Crippen molar-refractivity contribution in [1.82, 2.24) is 4.90 Å². The number of carbonyl (C=O) groups is 1. The number of carboxylic acids is 1. The normalized spacial score (nSPS) is 23.5. The first-order valence-corrected chi connectivity index (χ1v) is 10.8. The van der Waals surface area contributed by atoms with Crippen LogP contribution in [0.2, 0.25) is 0 Å². The summed E-state index contributed by atoms with van der Waals surface area (Å²) in [5.41, 5.74) is 0. The smallest absolute Gasteiger partial charge is 1.00 e. The molecule has 4 nitrogen and oxygen atoms in total. The van der Waals surface area contributed by atoms with Crippen LogP contribution in [0.4, 0.5) is 0 Å². The first-order chi connectivity index (χ1) is 12.7. The summed E-state index contributed by atoms with van der Waals surface area (Å²) in [5, 5.41) is 7.42. The molecule has 0 radical (unpaired) electrons. The summed E-state index contributed by atoms with van der Waals surface area (Å²) in [5.74, 6) is -0.833. The zero-order valence-electron chi connectivity index (χ0n) is 18.9. The summed E-state index contributed by atoms with van der Waals surface area (Å²) in [7, 11) is 0. The minimum absolute atomic E-state index is 0. The Labute approximate surface area is 190 Å². The first-order valence-electron chi connectivity index (χ1n) is 10.8. The fourth-order valence-electron chi connectivity index (χ4n) is 3.79. The van der Waals surface area contributed by atoms with Gasteiger partial charge in [-0.15, -0.1) is 0 Å². The second-order valence-corrected chi connectivity index (χ2v) is 7.54. The molecule has 152 valence electrons. The monoisotopic (exact) mass is 388 g/mol. The van der Waals surface area contributed by atoms with E-state index in [1.54, 1.807) is 0 Å². The summed E-state index contributed by atoms with van der Waals surface area (Å²) in [4.78, 5) is 16.4. The standard InChI is InChI=1S/C20H36N2.C2H4O2.Na.H/c1-2-4-6-10-15-20(14-9-5-3-1)22-18-12-8-7-11-16-21-17-13-19-22;1-2(3)4;;/h1,3,16,20H,2,4-15,17-19H2;1H3,(H,3,4);;/q;;+1;-1. The van der Waals surface area contributed by atoms with Gasteiger partial charge in [0.1, 0.15) is 0 Å². The van der Waals surface area contributed by atoms with Crippen LogP contribution in [-0.2, 0) is 4.79 Å². The molecule has 2 rings (SSSR count). The maximum absolute atomic E-state index is 9.00. The summed E-state index contributed by atoms with van der Waals surface area (Å²) in [6.45, 7) is 4.70. The molecule has 0 aromatic carbocycles. The average molecular weight is 389 g/mol. The molecule has 0 aromatic heterocycles. The zero-order chi connectivity index (χ0) is 18.9. The predicted molar refractivity (Wildman–Crippen MR) is 112 cm³/mol. The Morgan fingerprint density at radius 1 is 0.926 bits per heavy atom.